The van der Waals surface area contributed by atoms with Crippen molar-refractivity contribution in [1.82, 2.24) is 10.2 Å². The van der Waals surface area contributed by atoms with Crippen LogP contribution in [0.15, 0.2) is 46.9 Å². The number of carbonyl (C=O) groups is 1. The van der Waals surface area contributed by atoms with E-state index in [1.165, 1.54) is 24.7 Å². The minimum absolute atomic E-state index is 0.0894. The molecule has 3 rings (SSSR count). The summed E-state index contributed by atoms with van der Waals surface area (Å²) in [5.41, 5.74) is 2.13. The maximum atomic E-state index is 12.1. The molecule has 1 saturated heterocycles. The highest BCUT2D eigenvalue weighted by Crippen LogP contribution is 2.25. The van der Waals surface area contributed by atoms with Crippen molar-refractivity contribution in [3.8, 4) is 0 Å². The number of anilines is 1. The Kier molecular flexibility index (Phi) is 6.64. The first-order valence-corrected chi connectivity index (χ1v) is 9.99. The second-order valence-electron chi connectivity index (χ2n) is 6.89. The fraction of sp³-hybridized carbons (Fsp3) is 0.350. The highest BCUT2D eigenvalue weighted by molar-refractivity contribution is 9.10. The highest BCUT2D eigenvalue weighted by Gasteiger charge is 2.22. The molecule has 28 heavy (non-hydrogen) atoms. The number of nitrogens with one attached hydrogen (secondary N) is 2. The lowest BCUT2D eigenvalue weighted by Gasteiger charge is -2.33. The van der Waals surface area contributed by atoms with Gasteiger partial charge in [-0.2, -0.15) is 0 Å². The van der Waals surface area contributed by atoms with Crippen LogP contribution in [-0.4, -0.2) is 41.9 Å². The van der Waals surface area contributed by atoms with E-state index in [0.29, 0.717) is 11.3 Å². The largest absolute Gasteiger partial charge is 0.382 e. The number of likely N-dealkylation sites (tertiary alicyclic amines) is 1. The number of rotatable bonds is 6. The molecule has 0 aromatic heterocycles. The molecule has 1 fully saturated rings. The number of nitro groups is 1. The van der Waals surface area contributed by atoms with E-state index < -0.39 is 4.92 Å². The molecule has 1 heterocycles. The summed E-state index contributed by atoms with van der Waals surface area (Å²) >= 11 is 3.46. The van der Waals surface area contributed by atoms with Gasteiger partial charge in [0, 0.05) is 55.0 Å². The number of non-ortho nitro benzene ring substituents is 1. The maximum Gasteiger partial charge on any atom is 0.270 e. The van der Waals surface area contributed by atoms with E-state index in [2.05, 4.69) is 55.7 Å². The van der Waals surface area contributed by atoms with Crippen LogP contribution < -0.4 is 10.6 Å². The zero-order valence-electron chi connectivity index (χ0n) is 15.7. The molecule has 0 unspecified atom stereocenters. The van der Waals surface area contributed by atoms with Crippen molar-refractivity contribution in [3.63, 3.8) is 0 Å². The summed E-state index contributed by atoms with van der Waals surface area (Å²) in [4.78, 5) is 25.1. The van der Waals surface area contributed by atoms with Gasteiger partial charge in [0.05, 0.1) is 10.5 Å². The van der Waals surface area contributed by atoms with Crippen LogP contribution in [0.25, 0.3) is 0 Å². The van der Waals surface area contributed by atoms with Crippen LogP contribution in [0.3, 0.4) is 0 Å². The van der Waals surface area contributed by atoms with Crippen LogP contribution in [0.5, 0.6) is 0 Å². The number of halogens is 1. The molecular weight excluding hydrogens is 424 g/mol. The van der Waals surface area contributed by atoms with Crippen molar-refractivity contribution in [1.29, 1.82) is 0 Å². The van der Waals surface area contributed by atoms with Crippen molar-refractivity contribution in [2.45, 2.75) is 25.4 Å². The average Bonchev–Trinajstić information content (AvgIpc) is 2.70. The summed E-state index contributed by atoms with van der Waals surface area (Å²) in [6, 6.07) is 13.0. The number of amides is 1. The summed E-state index contributed by atoms with van der Waals surface area (Å²) in [6.45, 7) is 2.83. The summed E-state index contributed by atoms with van der Waals surface area (Å²) < 4.78 is 1.08. The molecule has 1 aliphatic heterocycles. The van der Waals surface area contributed by atoms with Crippen LogP contribution >= 0.6 is 15.9 Å². The summed E-state index contributed by atoms with van der Waals surface area (Å²) in [5, 5.41) is 17.0. The number of nitrogens with zero attached hydrogens (tertiary/aromatic N) is 2. The molecule has 0 atom stereocenters. The van der Waals surface area contributed by atoms with Gasteiger partial charge in [0.15, 0.2) is 0 Å². The van der Waals surface area contributed by atoms with E-state index in [-0.39, 0.29) is 17.6 Å². The van der Waals surface area contributed by atoms with E-state index in [1.807, 2.05) is 0 Å². The van der Waals surface area contributed by atoms with E-state index in [0.717, 1.165) is 36.9 Å². The standard InChI is InChI=1S/C20H23BrN4O3/c1-22-20(26)18-12-17(25(27)28)6-7-19(18)23-16-8-10-24(11-9-16)13-14-2-4-15(21)5-3-14/h2-7,12,16,23H,8-11,13H2,1H3,(H,22,26). The topological polar surface area (TPSA) is 87.5 Å². The second kappa shape index (κ2) is 9.16. The second-order valence-corrected chi connectivity index (χ2v) is 7.80. The molecule has 0 aliphatic carbocycles. The Labute approximate surface area is 172 Å². The fourth-order valence-electron chi connectivity index (χ4n) is 3.40. The van der Waals surface area contributed by atoms with Gasteiger partial charge < -0.3 is 10.6 Å². The van der Waals surface area contributed by atoms with Gasteiger partial charge in [0.1, 0.15) is 0 Å². The minimum Gasteiger partial charge on any atom is -0.382 e. The molecule has 1 amide bonds. The van der Waals surface area contributed by atoms with Crippen molar-refractivity contribution in [2.75, 3.05) is 25.5 Å². The van der Waals surface area contributed by atoms with E-state index in [9.17, 15) is 14.9 Å². The molecule has 0 spiro atoms. The maximum absolute atomic E-state index is 12.1. The molecule has 0 bridgehead atoms. The quantitative estimate of drug-likeness (QED) is 0.520. The Hall–Kier alpha value is -2.45. The van der Waals surface area contributed by atoms with Crippen molar-refractivity contribution in [3.05, 3.63) is 68.2 Å². The first kappa shape index (κ1) is 20.3. The third-order valence-corrected chi connectivity index (χ3v) is 5.48. The van der Waals surface area contributed by atoms with Crippen LogP contribution in [0.1, 0.15) is 28.8 Å². The zero-order chi connectivity index (χ0) is 20.1. The third kappa shape index (κ3) is 5.08. The van der Waals surface area contributed by atoms with E-state index >= 15 is 0 Å². The summed E-state index contributed by atoms with van der Waals surface area (Å²) in [7, 11) is 1.52. The lowest BCUT2D eigenvalue weighted by atomic mass is 10.0. The van der Waals surface area contributed by atoms with Gasteiger partial charge in [-0.25, -0.2) is 0 Å². The lowest BCUT2D eigenvalue weighted by Crippen LogP contribution is -2.39. The number of benzene rings is 2. The van der Waals surface area contributed by atoms with Gasteiger partial charge in [0.25, 0.3) is 11.6 Å². The molecule has 8 heteroatoms. The molecule has 0 saturated carbocycles. The van der Waals surface area contributed by atoms with Crippen LogP contribution in [0, 0.1) is 10.1 Å². The summed E-state index contributed by atoms with van der Waals surface area (Å²) in [5.74, 6) is -0.334. The number of piperidine rings is 1. The van der Waals surface area contributed by atoms with Crippen molar-refractivity contribution in [2.24, 2.45) is 0 Å². The molecule has 2 N–H and O–H groups in total. The van der Waals surface area contributed by atoms with Gasteiger partial charge >= 0.3 is 0 Å². The molecule has 7 nitrogen and oxygen atoms in total. The first-order valence-electron chi connectivity index (χ1n) is 9.20. The van der Waals surface area contributed by atoms with E-state index in [1.54, 1.807) is 6.07 Å². The molecule has 2 aromatic carbocycles. The predicted molar refractivity (Wildman–Crippen MR) is 113 cm³/mol. The van der Waals surface area contributed by atoms with Gasteiger partial charge in [-0.05, 0) is 36.6 Å². The van der Waals surface area contributed by atoms with E-state index in [4.69, 9.17) is 0 Å². The third-order valence-electron chi connectivity index (χ3n) is 4.95. The molecular formula is C20H23BrN4O3. The average molecular weight is 447 g/mol. The Morgan fingerprint density at radius 3 is 2.50 bits per heavy atom. The van der Waals surface area contributed by atoms with Gasteiger partial charge in [0.2, 0.25) is 0 Å². The van der Waals surface area contributed by atoms with Crippen molar-refractivity contribution < 1.29 is 9.72 Å². The van der Waals surface area contributed by atoms with Crippen LogP contribution in [0.4, 0.5) is 11.4 Å². The Morgan fingerprint density at radius 2 is 1.89 bits per heavy atom. The fourth-order valence-corrected chi connectivity index (χ4v) is 3.66. The Balaban J connectivity index is 1.61. The smallest absolute Gasteiger partial charge is 0.270 e. The van der Waals surface area contributed by atoms with Gasteiger partial charge in [-0.15, -0.1) is 0 Å². The zero-order valence-corrected chi connectivity index (χ0v) is 17.2. The Morgan fingerprint density at radius 1 is 1.21 bits per heavy atom. The van der Waals surface area contributed by atoms with Gasteiger partial charge in [-0.1, -0.05) is 28.1 Å². The highest BCUT2D eigenvalue weighted by atomic mass is 79.9. The Bertz CT molecular complexity index is 849. The lowest BCUT2D eigenvalue weighted by molar-refractivity contribution is -0.384. The van der Waals surface area contributed by atoms with Crippen LogP contribution in [-0.2, 0) is 6.54 Å². The predicted octanol–water partition coefficient (Wildman–Crippen LogP) is 3.79. The van der Waals surface area contributed by atoms with Crippen molar-refractivity contribution >= 4 is 33.2 Å². The number of nitro benzene ring substituents is 1. The molecule has 2 aromatic rings. The van der Waals surface area contributed by atoms with Gasteiger partial charge in [-0.3, -0.25) is 19.8 Å². The SMILES string of the molecule is CNC(=O)c1cc([N+](=O)[O-])ccc1NC1CCN(Cc2ccc(Br)cc2)CC1. The number of hydrogen-bond donors (Lipinski definition) is 2. The monoisotopic (exact) mass is 446 g/mol. The number of hydrogen-bond acceptors (Lipinski definition) is 5. The normalized spacial score (nSPS) is 15.2. The molecule has 1 aliphatic rings. The first-order chi connectivity index (χ1) is 13.5. The molecule has 148 valence electrons. The van der Waals surface area contributed by atoms with Crippen LogP contribution in [0.2, 0.25) is 0 Å². The minimum atomic E-state index is -0.489. The summed E-state index contributed by atoms with van der Waals surface area (Å²) in [6.07, 6.45) is 1.89. The number of carbonyl (C=O) groups excluding carboxylic acids is 1. The molecule has 0 radical (unpaired) electrons.